The summed E-state index contributed by atoms with van der Waals surface area (Å²) in [5.41, 5.74) is 4.51. The molecule has 0 bridgehead atoms. The molecule has 5 heteroatoms. The Bertz CT molecular complexity index is 1330. The number of nitrogens with zero attached hydrogens (tertiary/aromatic N) is 1. The maximum absolute atomic E-state index is 14.0. The van der Waals surface area contributed by atoms with E-state index >= 15 is 0 Å². The van der Waals surface area contributed by atoms with Crippen molar-refractivity contribution >= 4 is 15.7 Å². The highest BCUT2D eigenvalue weighted by atomic mass is 32.2. The van der Waals surface area contributed by atoms with E-state index in [2.05, 4.69) is 6.07 Å². The average molecular weight is 428 g/mol. The Morgan fingerprint density at radius 2 is 1.32 bits per heavy atom. The fraction of sp³-hybridized carbons (Fsp3) is 0.0769. The molecule has 5 rings (SSSR count). The van der Waals surface area contributed by atoms with Crippen LogP contribution < -0.4 is 9.04 Å². The molecule has 4 aromatic carbocycles. The predicted octanol–water partition coefficient (Wildman–Crippen LogP) is 5.66. The zero-order chi connectivity index (χ0) is 21.4. The third-order valence-corrected chi connectivity index (χ3v) is 7.45. The van der Waals surface area contributed by atoms with Gasteiger partial charge in [-0.1, -0.05) is 72.8 Å². The first kappa shape index (κ1) is 19.4. The van der Waals surface area contributed by atoms with Gasteiger partial charge < -0.3 is 4.74 Å². The molecule has 1 aliphatic rings. The summed E-state index contributed by atoms with van der Waals surface area (Å²) in [4.78, 5) is 0.225. The molecular weight excluding hydrogens is 406 g/mol. The van der Waals surface area contributed by atoms with Crippen molar-refractivity contribution in [2.75, 3.05) is 11.4 Å². The summed E-state index contributed by atoms with van der Waals surface area (Å²) in [7, 11) is -2.30. The second-order valence-electron chi connectivity index (χ2n) is 7.39. The van der Waals surface area contributed by atoms with Gasteiger partial charge in [0.2, 0.25) is 0 Å². The number of hydrogen-bond acceptors (Lipinski definition) is 3. The predicted molar refractivity (Wildman–Crippen MR) is 123 cm³/mol. The molecule has 4 nitrogen and oxygen atoms in total. The molecule has 4 aromatic rings. The smallest absolute Gasteiger partial charge is 0.265 e. The molecule has 0 saturated heterocycles. The molecule has 0 aromatic heterocycles. The van der Waals surface area contributed by atoms with E-state index in [1.807, 2.05) is 72.8 Å². The Kier molecular flexibility index (Phi) is 4.75. The van der Waals surface area contributed by atoms with Crippen molar-refractivity contribution in [1.29, 1.82) is 0 Å². The van der Waals surface area contributed by atoms with E-state index in [9.17, 15) is 8.42 Å². The summed E-state index contributed by atoms with van der Waals surface area (Å²) >= 11 is 0. The van der Waals surface area contributed by atoms with Crippen molar-refractivity contribution in [1.82, 2.24) is 0 Å². The third kappa shape index (κ3) is 3.18. The maximum atomic E-state index is 14.0. The van der Waals surface area contributed by atoms with Crippen LogP contribution in [0.3, 0.4) is 0 Å². The standard InChI is InChI=1S/C26H21NO3S/c1-30-20-15-17-21(18-16-20)31(28,29)27-25-14-8-7-12-23(25)22-11-5-6-13-24(22)26(27)19-9-3-2-4-10-19/h2-18,26H,1H3. The normalized spacial score (nSPS) is 15.1. The first-order valence-corrected chi connectivity index (χ1v) is 11.5. The van der Waals surface area contributed by atoms with Crippen molar-refractivity contribution in [3.63, 3.8) is 0 Å². The summed E-state index contributed by atoms with van der Waals surface area (Å²) in [5, 5.41) is 0. The fourth-order valence-electron chi connectivity index (χ4n) is 4.22. The van der Waals surface area contributed by atoms with Crippen molar-refractivity contribution in [2.24, 2.45) is 0 Å². The van der Waals surface area contributed by atoms with E-state index in [0.29, 0.717) is 11.4 Å². The molecule has 0 saturated carbocycles. The van der Waals surface area contributed by atoms with Crippen LogP contribution in [0.2, 0.25) is 0 Å². The molecule has 0 aliphatic carbocycles. The van der Waals surface area contributed by atoms with E-state index in [-0.39, 0.29) is 4.90 Å². The van der Waals surface area contributed by atoms with Gasteiger partial charge in [0.05, 0.1) is 23.7 Å². The highest BCUT2D eigenvalue weighted by Crippen LogP contribution is 2.49. The van der Waals surface area contributed by atoms with Crippen LogP contribution in [0.25, 0.3) is 11.1 Å². The van der Waals surface area contributed by atoms with Gasteiger partial charge in [-0.2, -0.15) is 0 Å². The molecule has 0 amide bonds. The zero-order valence-electron chi connectivity index (χ0n) is 17.0. The van der Waals surface area contributed by atoms with Crippen molar-refractivity contribution in [3.05, 3.63) is 114 Å². The number of para-hydroxylation sites is 1. The van der Waals surface area contributed by atoms with Gasteiger partial charge in [0.1, 0.15) is 5.75 Å². The van der Waals surface area contributed by atoms with Gasteiger partial charge >= 0.3 is 0 Å². The van der Waals surface area contributed by atoms with Crippen molar-refractivity contribution in [3.8, 4) is 16.9 Å². The molecule has 1 atom stereocenters. The van der Waals surface area contributed by atoms with Gasteiger partial charge in [-0.25, -0.2) is 8.42 Å². The van der Waals surface area contributed by atoms with Crippen LogP contribution in [0.4, 0.5) is 5.69 Å². The van der Waals surface area contributed by atoms with Gasteiger partial charge in [0.25, 0.3) is 10.0 Å². The molecule has 0 radical (unpaired) electrons. The van der Waals surface area contributed by atoms with Crippen molar-refractivity contribution in [2.45, 2.75) is 10.9 Å². The summed E-state index contributed by atoms with van der Waals surface area (Å²) < 4.78 is 34.8. The minimum absolute atomic E-state index is 0.225. The van der Waals surface area contributed by atoms with Crippen LogP contribution in [0.1, 0.15) is 17.2 Å². The van der Waals surface area contributed by atoms with Crippen LogP contribution in [-0.4, -0.2) is 15.5 Å². The lowest BCUT2D eigenvalue weighted by molar-refractivity contribution is 0.414. The second-order valence-corrected chi connectivity index (χ2v) is 9.21. The average Bonchev–Trinajstić information content (AvgIpc) is 2.83. The Morgan fingerprint density at radius 3 is 2.03 bits per heavy atom. The first-order chi connectivity index (χ1) is 15.1. The highest BCUT2D eigenvalue weighted by molar-refractivity contribution is 7.92. The van der Waals surface area contributed by atoms with E-state index in [1.54, 1.807) is 35.7 Å². The Balaban J connectivity index is 1.79. The number of rotatable bonds is 4. The summed E-state index contributed by atoms with van der Waals surface area (Å²) in [5.74, 6) is 0.614. The number of fused-ring (bicyclic) bond motifs is 3. The molecular formula is C26H21NO3S. The fourth-order valence-corrected chi connectivity index (χ4v) is 5.86. The monoisotopic (exact) mass is 427 g/mol. The zero-order valence-corrected chi connectivity index (χ0v) is 17.8. The van der Waals surface area contributed by atoms with Gasteiger partial charge in [-0.3, -0.25) is 4.31 Å². The van der Waals surface area contributed by atoms with Crippen molar-refractivity contribution < 1.29 is 13.2 Å². The van der Waals surface area contributed by atoms with Gasteiger partial charge in [-0.05, 0) is 47.0 Å². The Morgan fingerprint density at radius 1 is 0.710 bits per heavy atom. The molecule has 0 fully saturated rings. The quantitative estimate of drug-likeness (QED) is 0.422. The van der Waals surface area contributed by atoms with Gasteiger partial charge in [-0.15, -0.1) is 0 Å². The molecule has 1 heterocycles. The highest BCUT2D eigenvalue weighted by Gasteiger charge is 2.39. The number of ether oxygens (including phenoxy) is 1. The third-order valence-electron chi connectivity index (χ3n) is 5.65. The van der Waals surface area contributed by atoms with Crippen LogP contribution in [0.15, 0.2) is 108 Å². The van der Waals surface area contributed by atoms with Gasteiger partial charge in [0.15, 0.2) is 0 Å². The number of sulfonamides is 1. The molecule has 31 heavy (non-hydrogen) atoms. The molecule has 1 unspecified atom stereocenters. The van der Waals surface area contributed by atoms with E-state index < -0.39 is 16.1 Å². The SMILES string of the molecule is COc1ccc(S(=O)(=O)N2c3ccccc3-c3ccccc3C2c2ccccc2)cc1. The van der Waals surface area contributed by atoms with Crippen LogP contribution in [0.5, 0.6) is 5.75 Å². The number of hydrogen-bond donors (Lipinski definition) is 0. The summed E-state index contributed by atoms with van der Waals surface area (Å²) in [6, 6.07) is 31.5. The first-order valence-electron chi connectivity index (χ1n) is 10.0. The summed E-state index contributed by atoms with van der Waals surface area (Å²) in [6.45, 7) is 0. The molecule has 0 spiro atoms. The minimum atomic E-state index is -3.86. The lowest BCUT2D eigenvalue weighted by Gasteiger charge is -2.39. The molecule has 154 valence electrons. The maximum Gasteiger partial charge on any atom is 0.265 e. The van der Waals surface area contributed by atoms with Crippen LogP contribution >= 0.6 is 0 Å². The lowest BCUT2D eigenvalue weighted by atomic mass is 9.86. The minimum Gasteiger partial charge on any atom is -0.497 e. The van der Waals surface area contributed by atoms with E-state index in [4.69, 9.17) is 4.74 Å². The van der Waals surface area contributed by atoms with E-state index in [1.165, 1.54) is 0 Å². The second kappa shape index (κ2) is 7.60. The number of anilines is 1. The number of methoxy groups -OCH3 is 1. The van der Waals surface area contributed by atoms with Crippen LogP contribution in [0, 0.1) is 0 Å². The Hall–Kier alpha value is -3.57. The largest absolute Gasteiger partial charge is 0.497 e. The Labute approximate surface area is 182 Å². The van der Waals surface area contributed by atoms with E-state index in [0.717, 1.165) is 22.3 Å². The lowest BCUT2D eigenvalue weighted by Crippen LogP contribution is -2.38. The molecule has 1 aliphatic heterocycles. The summed E-state index contributed by atoms with van der Waals surface area (Å²) in [6.07, 6.45) is 0. The molecule has 0 N–H and O–H groups in total. The topological polar surface area (TPSA) is 46.6 Å². The van der Waals surface area contributed by atoms with Crippen LogP contribution in [-0.2, 0) is 10.0 Å². The number of benzene rings is 4. The van der Waals surface area contributed by atoms with Gasteiger partial charge in [0, 0.05) is 5.56 Å².